The normalized spacial score (nSPS) is 9.88. The van der Waals surface area contributed by atoms with E-state index in [0.717, 1.165) is 22.6 Å². The summed E-state index contributed by atoms with van der Waals surface area (Å²) in [6.45, 7) is 3.57. The van der Waals surface area contributed by atoms with E-state index in [4.69, 9.17) is 10.6 Å². The van der Waals surface area contributed by atoms with Gasteiger partial charge in [-0.2, -0.15) is 0 Å². The van der Waals surface area contributed by atoms with Crippen LogP contribution in [0.3, 0.4) is 0 Å². The van der Waals surface area contributed by atoms with Gasteiger partial charge in [0.05, 0.1) is 11.4 Å². The Morgan fingerprint density at radius 1 is 1.24 bits per heavy atom. The molecule has 2 N–H and O–H groups in total. The Morgan fingerprint density at radius 3 is 2.82 bits per heavy atom. The highest BCUT2D eigenvalue weighted by Crippen LogP contribution is 2.19. The molecule has 0 saturated carbocycles. The average Bonchev–Trinajstić information content (AvgIpc) is 2.37. The van der Waals surface area contributed by atoms with Crippen LogP contribution >= 0.6 is 0 Å². The second kappa shape index (κ2) is 5.12. The van der Waals surface area contributed by atoms with Gasteiger partial charge in [0, 0.05) is 18.0 Å². The monoisotopic (exact) mass is 227 g/mol. The van der Waals surface area contributed by atoms with Crippen molar-refractivity contribution < 1.29 is 4.84 Å². The van der Waals surface area contributed by atoms with Crippen LogP contribution in [0, 0.1) is 0 Å². The van der Waals surface area contributed by atoms with Crippen LogP contribution in [0.4, 0.5) is 5.69 Å². The Hall–Kier alpha value is -2.36. The zero-order valence-electron chi connectivity index (χ0n) is 9.34. The third kappa shape index (κ3) is 2.81. The van der Waals surface area contributed by atoms with Gasteiger partial charge in [-0.05, 0) is 24.3 Å². The van der Waals surface area contributed by atoms with E-state index in [9.17, 15) is 0 Å². The molecule has 0 aliphatic rings. The molecular formula is C13H13N3O. The lowest BCUT2D eigenvalue weighted by molar-refractivity contribution is 0.130. The zero-order valence-corrected chi connectivity index (χ0v) is 9.34. The number of nitrogen functional groups attached to an aromatic ring is 1. The molecule has 2 aromatic rings. The van der Waals surface area contributed by atoms with Crippen LogP contribution in [-0.2, 0) is 11.4 Å². The van der Waals surface area contributed by atoms with Crippen molar-refractivity contribution in [2.45, 2.75) is 6.61 Å². The fourth-order valence-corrected chi connectivity index (χ4v) is 1.53. The minimum absolute atomic E-state index is 0.319. The van der Waals surface area contributed by atoms with Crippen LogP contribution in [0.2, 0.25) is 0 Å². The molecule has 1 aromatic carbocycles. The van der Waals surface area contributed by atoms with Crippen molar-refractivity contribution in [1.82, 2.24) is 4.98 Å². The molecule has 0 radical (unpaired) electrons. The van der Waals surface area contributed by atoms with E-state index in [2.05, 4.69) is 16.9 Å². The highest BCUT2D eigenvalue weighted by atomic mass is 16.6. The molecule has 1 heterocycles. The molecule has 0 bridgehead atoms. The molecule has 0 amide bonds. The van der Waals surface area contributed by atoms with Crippen LogP contribution in [0.25, 0.3) is 11.3 Å². The van der Waals surface area contributed by atoms with E-state index in [-0.39, 0.29) is 0 Å². The third-order valence-corrected chi connectivity index (χ3v) is 2.29. The minimum Gasteiger partial charge on any atom is -0.399 e. The first kappa shape index (κ1) is 11.1. The molecule has 0 aliphatic heterocycles. The van der Waals surface area contributed by atoms with Gasteiger partial charge in [-0.3, -0.25) is 0 Å². The van der Waals surface area contributed by atoms with Crippen LogP contribution in [0.1, 0.15) is 5.69 Å². The van der Waals surface area contributed by atoms with E-state index in [0.29, 0.717) is 6.61 Å². The Bertz CT molecular complexity index is 526. The number of nitrogens with zero attached hydrogens (tertiary/aromatic N) is 2. The first-order valence-corrected chi connectivity index (χ1v) is 5.19. The molecular weight excluding hydrogens is 214 g/mol. The van der Waals surface area contributed by atoms with Gasteiger partial charge in [0.25, 0.3) is 0 Å². The number of anilines is 1. The Labute approximate surface area is 99.7 Å². The first-order valence-electron chi connectivity index (χ1n) is 5.19. The van der Waals surface area contributed by atoms with Gasteiger partial charge < -0.3 is 10.6 Å². The Balaban J connectivity index is 2.29. The van der Waals surface area contributed by atoms with Gasteiger partial charge in [0.1, 0.15) is 0 Å². The predicted octanol–water partition coefficient (Wildman–Crippen LogP) is 2.46. The molecule has 86 valence electrons. The smallest absolute Gasteiger partial charge is 0.159 e. The number of hydrogen-bond donors (Lipinski definition) is 1. The second-order valence-electron chi connectivity index (χ2n) is 3.54. The second-order valence-corrected chi connectivity index (χ2v) is 3.54. The number of hydrogen-bond acceptors (Lipinski definition) is 4. The zero-order chi connectivity index (χ0) is 12.1. The van der Waals surface area contributed by atoms with E-state index < -0.39 is 0 Å². The summed E-state index contributed by atoms with van der Waals surface area (Å²) in [7, 11) is 0. The van der Waals surface area contributed by atoms with Gasteiger partial charge in [-0.1, -0.05) is 18.2 Å². The van der Waals surface area contributed by atoms with Gasteiger partial charge >= 0.3 is 0 Å². The van der Waals surface area contributed by atoms with E-state index in [1.807, 2.05) is 42.5 Å². The first-order chi connectivity index (χ1) is 8.29. The Morgan fingerprint density at radius 2 is 2.06 bits per heavy atom. The third-order valence-electron chi connectivity index (χ3n) is 2.29. The lowest BCUT2D eigenvalue weighted by atomic mass is 10.1. The van der Waals surface area contributed by atoms with Gasteiger partial charge in [-0.15, -0.1) is 5.16 Å². The number of rotatable bonds is 4. The summed E-state index contributed by atoms with van der Waals surface area (Å²) >= 11 is 0. The molecule has 4 heteroatoms. The largest absolute Gasteiger partial charge is 0.399 e. The fraction of sp³-hybridized carbons (Fsp3) is 0.0769. The van der Waals surface area contributed by atoms with Crippen LogP contribution in [0.15, 0.2) is 47.6 Å². The average molecular weight is 227 g/mol. The van der Waals surface area contributed by atoms with E-state index >= 15 is 0 Å². The molecule has 0 atom stereocenters. The summed E-state index contributed by atoms with van der Waals surface area (Å²) < 4.78 is 0. The van der Waals surface area contributed by atoms with E-state index in [1.165, 1.54) is 0 Å². The minimum atomic E-state index is 0.319. The summed E-state index contributed by atoms with van der Waals surface area (Å²) in [5.41, 5.74) is 9.11. The number of nitrogens with two attached hydrogens (primary N) is 1. The van der Waals surface area contributed by atoms with Crippen molar-refractivity contribution in [1.29, 1.82) is 0 Å². The van der Waals surface area contributed by atoms with Crippen molar-refractivity contribution in [3.8, 4) is 11.3 Å². The van der Waals surface area contributed by atoms with E-state index in [1.54, 1.807) is 0 Å². The summed E-state index contributed by atoms with van der Waals surface area (Å²) in [5.74, 6) is 0. The van der Waals surface area contributed by atoms with Gasteiger partial charge in [0.2, 0.25) is 0 Å². The summed E-state index contributed by atoms with van der Waals surface area (Å²) in [6, 6.07) is 13.3. The molecule has 17 heavy (non-hydrogen) atoms. The maximum Gasteiger partial charge on any atom is 0.159 e. The molecule has 0 saturated heterocycles. The standard InChI is InChI=1S/C13H13N3O/c1-15-17-9-12-6-3-7-13(16-12)10-4-2-5-11(14)8-10/h2-8H,1,9,14H2. The molecule has 2 rings (SSSR count). The molecule has 0 aliphatic carbocycles. The highest BCUT2D eigenvalue weighted by molar-refractivity contribution is 5.63. The number of aromatic nitrogens is 1. The maximum absolute atomic E-state index is 5.74. The number of pyridine rings is 1. The maximum atomic E-state index is 5.74. The lowest BCUT2D eigenvalue weighted by Gasteiger charge is -2.04. The quantitative estimate of drug-likeness (QED) is 0.496. The van der Waals surface area contributed by atoms with Crippen molar-refractivity contribution in [3.63, 3.8) is 0 Å². The topological polar surface area (TPSA) is 60.5 Å². The lowest BCUT2D eigenvalue weighted by Crippen LogP contribution is -1.94. The summed E-state index contributed by atoms with van der Waals surface area (Å²) in [5, 5.41) is 3.34. The van der Waals surface area contributed by atoms with Gasteiger partial charge in [0.15, 0.2) is 6.61 Å². The molecule has 1 aromatic heterocycles. The molecule has 0 fully saturated rings. The molecule has 4 nitrogen and oxygen atoms in total. The SMILES string of the molecule is C=NOCc1cccc(-c2cccc(N)c2)n1. The molecule has 0 unspecified atom stereocenters. The predicted molar refractivity (Wildman–Crippen MR) is 68.4 cm³/mol. The highest BCUT2D eigenvalue weighted by Gasteiger charge is 2.01. The van der Waals surface area contributed by atoms with Crippen molar-refractivity contribution >= 4 is 12.4 Å². The summed E-state index contributed by atoms with van der Waals surface area (Å²) in [4.78, 5) is 9.31. The van der Waals surface area contributed by atoms with Crippen molar-refractivity contribution in [2.75, 3.05) is 5.73 Å². The van der Waals surface area contributed by atoms with Crippen LogP contribution in [0.5, 0.6) is 0 Å². The van der Waals surface area contributed by atoms with Crippen molar-refractivity contribution in [2.24, 2.45) is 5.16 Å². The van der Waals surface area contributed by atoms with Crippen molar-refractivity contribution in [3.05, 3.63) is 48.2 Å². The van der Waals surface area contributed by atoms with Gasteiger partial charge in [-0.25, -0.2) is 4.98 Å². The number of benzene rings is 1. The molecule has 0 spiro atoms. The number of oxime groups is 1. The Kier molecular flexibility index (Phi) is 3.35. The van der Waals surface area contributed by atoms with Crippen LogP contribution in [-0.4, -0.2) is 11.7 Å². The summed E-state index contributed by atoms with van der Waals surface area (Å²) in [6.07, 6.45) is 0. The fourth-order valence-electron chi connectivity index (χ4n) is 1.53. The van der Waals surface area contributed by atoms with Crippen LogP contribution < -0.4 is 5.73 Å².